The minimum Gasteiger partial charge on any atom is -0.302 e. The van der Waals surface area contributed by atoms with Gasteiger partial charge in [-0.3, -0.25) is 4.79 Å². The van der Waals surface area contributed by atoms with Crippen molar-refractivity contribution in [2.45, 2.75) is 50.0 Å². The number of carbonyl (C=O) groups excluding carboxylic acids is 1. The number of nitrogens with zero attached hydrogens (tertiary/aromatic N) is 3. The molecule has 0 bridgehead atoms. The van der Waals surface area contributed by atoms with Crippen LogP contribution >= 0.6 is 46.3 Å². The van der Waals surface area contributed by atoms with Crippen LogP contribution in [0.3, 0.4) is 0 Å². The van der Waals surface area contributed by atoms with Crippen LogP contribution in [-0.4, -0.2) is 21.6 Å². The van der Waals surface area contributed by atoms with Crippen molar-refractivity contribution in [1.29, 1.82) is 5.26 Å². The van der Waals surface area contributed by atoms with E-state index in [1.165, 1.54) is 41.5 Å². The Morgan fingerprint density at radius 1 is 1.12 bits per heavy atom. The molecule has 1 aromatic carbocycles. The quantitative estimate of drug-likeness (QED) is 0.351. The second-order valence-corrected chi connectivity index (χ2v) is 10.5. The van der Waals surface area contributed by atoms with Gasteiger partial charge in [-0.1, -0.05) is 42.1 Å². The molecule has 1 aliphatic carbocycles. The maximum atomic E-state index is 12.4. The largest absolute Gasteiger partial charge is 0.302 e. The number of fused-ring (bicyclic) bond motifs is 1. The van der Waals surface area contributed by atoms with Crippen LogP contribution in [0.25, 0.3) is 11.3 Å². The Morgan fingerprint density at radius 3 is 2.73 bits per heavy atom. The summed E-state index contributed by atoms with van der Waals surface area (Å²) in [6, 6.07) is 9.59. The van der Waals surface area contributed by atoms with Crippen molar-refractivity contribution >= 4 is 57.3 Å². The summed E-state index contributed by atoms with van der Waals surface area (Å²) in [6.07, 6.45) is 7.00. The first-order valence-electron chi connectivity index (χ1n) is 10.8. The fourth-order valence-corrected chi connectivity index (χ4v) is 5.65. The van der Waals surface area contributed by atoms with Gasteiger partial charge in [0.15, 0.2) is 5.13 Å². The van der Waals surface area contributed by atoms with E-state index in [0.717, 1.165) is 47.7 Å². The summed E-state index contributed by atoms with van der Waals surface area (Å²) >= 11 is 14.9. The Bertz CT molecular complexity index is 1210. The molecule has 0 unspecified atom stereocenters. The van der Waals surface area contributed by atoms with Gasteiger partial charge < -0.3 is 5.32 Å². The molecule has 0 saturated carbocycles. The topological polar surface area (TPSA) is 78.7 Å². The molecule has 3 aromatic rings. The van der Waals surface area contributed by atoms with Gasteiger partial charge in [-0.2, -0.15) is 5.26 Å². The lowest BCUT2D eigenvalue weighted by Gasteiger charge is -2.15. The molecule has 2 heterocycles. The second-order valence-electron chi connectivity index (χ2n) is 7.79. The van der Waals surface area contributed by atoms with Gasteiger partial charge >= 0.3 is 0 Å². The molecule has 1 amide bonds. The highest BCUT2D eigenvalue weighted by Crippen LogP contribution is 2.31. The van der Waals surface area contributed by atoms with Crippen molar-refractivity contribution in [3.05, 3.63) is 56.5 Å². The van der Waals surface area contributed by atoms with Crippen molar-refractivity contribution in [3.8, 4) is 17.3 Å². The molecule has 0 atom stereocenters. The van der Waals surface area contributed by atoms with Crippen molar-refractivity contribution in [1.82, 2.24) is 9.97 Å². The van der Waals surface area contributed by atoms with E-state index in [0.29, 0.717) is 32.9 Å². The van der Waals surface area contributed by atoms with E-state index in [1.54, 1.807) is 12.1 Å². The van der Waals surface area contributed by atoms with E-state index >= 15 is 0 Å². The van der Waals surface area contributed by atoms with Crippen LogP contribution in [0.4, 0.5) is 5.13 Å². The molecule has 4 rings (SSSR count). The molecule has 33 heavy (non-hydrogen) atoms. The van der Waals surface area contributed by atoms with Crippen molar-refractivity contribution in [2.24, 2.45) is 0 Å². The van der Waals surface area contributed by atoms with Gasteiger partial charge in [0.1, 0.15) is 11.1 Å². The average molecular weight is 518 g/mol. The van der Waals surface area contributed by atoms with Gasteiger partial charge in [0.25, 0.3) is 0 Å². The number of pyridine rings is 1. The molecular weight excluding hydrogens is 495 g/mol. The van der Waals surface area contributed by atoms with Crippen molar-refractivity contribution in [3.63, 3.8) is 0 Å². The molecule has 0 aliphatic heterocycles. The maximum absolute atomic E-state index is 12.4. The third-order valence-corrected chi connectivity index (χ3v) is 7.91. The van der Waals surface area contributed by atoms with Gasteiger partial charge in [-0.25, -0.2) is 9.97 Å². The molecule has 0 radical (unpaired) electrons. The zero-order valence-corrected chi connectivity index (χ0v) is 21.0. The molecule has 0 saturated heterocycles. The van der Waals surface area contributed by atoms with Gasteiger partial charge in [0, 0.05) is 28.8 Å². The molecule has 2 aromatic heterocycles. The predicted octanol–water partition coefficient (Wildman–Crippen LogP) is 7.16. The van der Waals surface area contributed by atoms with E-state index in [9.17, 15) is 10.1 Å². The van der Waals surface area contributed by atoms with Crippen molar-refractivity contribution < 1.29 is 4.79 Å². The highest BCUT2D eigenvalue weighted by atomic mass is 35.5. The molecule has 170 valence electrons. The number of nitriles is 1. The van der Waals surface area contributed by atoms with Crippen LogP contribution in [-0.2, 0) is 17.6 Å². The van der Waals surface area contributed by atoms with Crippen LogP contribution in [0.5, 0.6) is 0 Å². The normalized spacial score (nSPS) is 13.5. The first-order chi connectivity index (χ1) is 16.0. The maximum Gasteiger partial charge on any atom is 0.226 e. The minimum absolute atomic E-state index is 0.123. The zero-order chi connectivity index (χ0) is 23.2. The number of aryl methyl sites for hydroxylation is 2. The monoisotopic (exact) mass is 516 g/mol. The number of hydrogen-bond acceptors (Lipinski definition) is 6. The number of nitrogens with one attached hydrogen (secondary N) is 1. The molecule has 1 aliphatic rings. The standard InChI is InChI=1S/C24H22Cl2N4OS2/c25-18-8-7-16(12-19(18)26)21-14-33-24(29-21)30-22(31)9-10-32-23-17(13-27)11-15-5-3-1-2-4-6-20(15)28-23/h7-8,11-12,14H,1-6,9-10H2,(H,29,30,31). The number of carbonyl (C=O) groups is 1. The fourth-order valence-electron chi connectivity index (χ4n) is 3.70. The van der Waals surface area contributed by atoms with E-state index in [4.69, 9.17) is 28.2 Å². The summed E-state index contributed by atoms with van der Waals surface area (Å²) in [5.41, 5.74) is 4.48. The third-order valence-electron chi connectivity index (χ3n) is 5.42. The molecular formula is C24H22Cl2N4OS2. The molecule has 0 spiro atoms. The minimum atomic E-state index is -0.123. The molecule has 1 N–H and O–H groups in total. The summed E-state index contributed by atoms with van der Waals surface area (Å²) in [7, 11) is 0. The Hall–Kier alpha value is -2.11. The predicted molar refractivity (Wildman–Crippen MR) is 136 cm³/mol. The van der Waals surface area contributed by atoms with Crippen LogP contribution in [0.1, 0.15) is 48.9 Å². The summed E-state index contributed by atoms with van der Waals surface area (Å²) in [4.78, 5) is 21.7. The first kappa shape index (κ1) is 24.0. The lowest BCUT2D eigenvalue weighted by molar-refractivity contribution is -0.115. The number of aromatic nitrogens is 2. The van der Waals surface area contributed by atoms with Gasteiger partial charge in [-0.05, 0) is 49.4 Å². The summed E-state index contributed by atoms with van der Waals surface area (Å²) in [6.45, 7) is 0. The van der Waals surface area contributed by atoms with Crippen LogP contribution in [0, 0.1) is 11.3 Å². The average Bonchev–Trinajstić information content (AvgIpc) is 3.24. The number of anilines is 1. The van der Waals surface area contributed by atoms with Crippen LogP contribution < -0.4 is 5.32 Å². The second kappa shape index (κ2) is 11.3. The Morgan fingerprint density at radius 2 is 1.94 bits per heavy atom. The van der Waals surface area contributed by atoms with E-state index in [-0.39, 0.29) is 5.91 Å². The number of thiazole rings is 1. The van der Waals surface area contributed by atoms with E-state index in [1.807, 2.05) is 17.5 Å². The Kier molecular flexibility index (Phi) is 8.26. The third kappa shape index (κ3) is 6.27. The lowest BCUT2D eigenvalue weighted by Crippen LogP contribution is -2.12. The number of rotatable bonds is 6. The molecule has 5 nitrogen and oxygen atoms in total. The number of benzene rings is 1. The SMILES string of the molecule is N#Cc1cc2c(nc1SCCC(=O)Nc1nc(-c3ccc(Cl)c(Cl)c3)cs1)CCCCCC2. The van der Waals surface area contributed by atoms with Crippen LogP contribution in [0.2, 0.25) is 10.0 Å². The Labute approximate surface area is 211 Å². The van der Waals surface area contributed by atoms with Gasteiger partial charge in [0.05, 0.1) is 21.3 Å². The van der Waals surface area contributed by atoms with Gasteiger partial charge in [-0.15, -0.1) is 23.1 Å². The number of hydrogen-bond donors (Lipinski definition) is 1. The highest BCUT2D eigenvalue weighted by molar-refractivity contribution is 7.99. The van der Waals surface area contributed by atoms with Crippen molar-refractivity contribution in [2.75, 3.05) is 11.1 Å². The molecule has 9 heteroatoms. The fraction of sp³-hybridized carbons (Fsp3) is 0.333. The lowest BCUT2D eigenvalue weighted by atomic mass is 9.96. The van der Waals surface area contributed by atoms with Crippen LogP contribution in [0.15, 0.2) is 34.7 Å². The summed E-state index contributed by atoms with van der Waals surface area (Å²) in [5, 5.41) is 16.5. The smallest absolute Gasteiger partial charge is 0.226 e. The zero-order valence-electron chi connectivity index (χ0n) is 17.9. The van der Waals surface area contributed by atoms with E-state index < -0.39 is 0 Å². The van der Waals surface area contributed by atoms with E-state index in [2.05, 4.69) is 16.4 Å². The molecule has 0 fully saturated rings. The number of halogens is 2. The summed E-state index contributed by atoms with van der Waals surface area (Å²) < 4.78 is 0. The number of thioether (sulfide) groups is 1. The first-order valence-corrected chi connectivity index (χ1v) is 13.4. The summed E-state index contributed by atoms with van der Waals surface area (Å²) in [5.74, 6) is 0.416. The Balaban J connectivity index is 1.34. The number of amides is 1. The van der Waals surface area contributed by atoms with Gasteiger partial charge in [0.2, 0.25) is 5.91 Å². The highest BCUT2D eigenvalue weighted by Gasteiger charge is 2.15.